The van der Waals surface area contributed by atoms with Crippen LogP contribution < -0.4 is 0 Å². The molecular formula is C18H30Cl2O4. The van der Waals surface area contributed by atoms with Crippen molar-refractivity contribution in [1.82, 2.24) is 0 Å². The Morgan fingerprint density at radius 3 is 1.54 bits per heavy atom. The Kier molecular flexibility index (Phi) is 12.9. The van der Waals surface area contributed by atoms with Gasteiger partial charge in [-0.3, -0.25) is 0 Å². The summed E-state index contributed by atoms with van der Waals surface area (Å²) in [6.07, 6.45) is 6.72. The van der Waals surface area contributed by atoms with Crippen molar-refractivity contribution in [2.45, 2.75) is 65.0 Å². The van der Waals surface area contributed by atoms with Gasteiger partial charge in [-0.05, 0) is 63.5 Å². The van der Waals surface area contributed by atoms with Crippen molar-refractivity contribution in [3.05, 3.63) is 22.2 Å². The standard InChI is InChI=1S/2C9H15ClO2/c2*1-8(6-10)7-12-9-4-2-3-5-11-9/h2*6,9H,2-5,7H2,1H3/b2*8-6+. The SMILES string of the molecule is C/C(=C\Cl)COC1CCCCO1.C/C(=C\Cl)COC1CCCCO1. The van der Waals surface area contributed by atoms with E-state index in [-0.39, 0.29) is 12.6 Å². The molecule has 0 spiro atoms. The summed E-state index contributed by atoms with van der Waals surface area (Å²) >= 11 is 11.0. The molecule has 2 fully saturated rings. The lowest BCUT2D eigenvalue weighted by Gasteiger charge is -2.22. The van der Waals surface area contributed by atoms with Gasteiger partial charge < -0.3 is 18.9 Å². The van der Waals surface area contributed by atoms with Gasteiger partial charge in [-0.1, -0.05) is 23.2 Å². The molecule has 2 aliphatic heterocycles. The summed E-state index contributed by atoms with van der Waals surface area (Å²) < 4.78 is 21.7. The summed E-state index contributed by atoms with van der Waals surface area (Å²) in [5.74, 6) is 0. The van der Waals surface area contributed by atoms with Crippen molar-refractivity contribution < 1.29 is 18.9 Å². The zero-order chi connectivity index (χ0) is 17.6. The van der Waals surface area contributed by atoms with Crippen LogP contribution in [0.25, 0.3) is 0 Å². The van der Waals surface area contributed by atoms with Gasteiger partial charge in [-0.15, -0.1) is 0 Å². The molecule has 0 amide bonds. The lowest BCUT2D eigenvalue weighted by molar-refractivity contribution is -0.157. The van der Waals surface area contributed by atoms with Crippen LogP contribution in [-0.4, -0.2) is 39.0 Å². The first kappa shape index (κ1) is 21.9. The molecule has 0 radical (unpaired) electrons. The maximum Gasteiger partial charge on any atom is 0.158 e. The summed E-state index contributed by atoms with van der Waals surface area (Å²) in [5.41, 5.74) is 5.16. The Morgan fingerprint density at radius 2 is 1.25 bits per heavy atom. The number of hydrogen-bond acceptors (Lipinski definition) is 4. The van der Waals surface area contributed by atoms with E-state index < -0.39 is 0 Å². The largest absolute Gasteiger partial charge is 0.353 e. The van der Waals surface area contributed by atoms with Crippen LogP contribution in [0, 0.1) is 0 Å². The molecule has 2 heterocycles. The maximum absolute atomic E-state index is 5.49. The van der Waals surface area contributed by atoms with Gasteiger partial charge in [0.05, 0.1) is 13.2 Å². The fourth-order valence-electron chi connectivity index (χ4n) is 2.20. The minimum Gasteiger partial charge on any atom is -0.353 e. The van der Waals surface area contributed by atoms with Crippen molar-refractivity contribution in [2.75, 3.05) is 26.4 Å². The fourth-order valence-corrected chi connectivity index (χ4v) is 2.32. The smallest absolute Gasteiger partial charge is 0.158 e. The van der Waals surface area contributed by atoms with Gasteiger partial charge in [0.15, 0.2) is 12.6 Å². The summed E-state index contributed by atoms with van der Waals surface area (Å²) in [5, 5.41) is 0. The van der Waals surface area contributed by atoms with Crippen molar-refractivity contribution in [2.24, 2.45) is 0 Å². The zero-order valence-electron chi connectivity index (χ0n) is 14.8. The van der Waals surface area contributed by atoms with Gasteiger partial charge in [0.25, 0.3) is 0 Å². The molecule has 2 saturated heterocycles. The number of rotatable bonds is 6. The van der Waals surface area contributed by atoms with Crippen LogP contribution in [0.4, 0.5) is 0 Å². The van der Waals surface area contributed by atoms with Gasteiger partial charge in [0.1, 0.15) is 0 Å². The third-order valence-electron chi connectivity index (χ3n) is 3.64. The lowest BCUT2D eigenvalue weighted by atomic mass is 10.2. The number of halogens is 2. The first-order valence-electron chi connectivity index (χ1n) is 8.63. The number of hydrogen-bond donors (Lipinski definition) is 0. The third-order valence-corrected chi connectivity index (χ3v) is 4.39. The molecule has 0 aromatic carbocycles. The first-order valence-corrected chi connectivity index (χ1v) is 9.51. The Morgan fingerprint density at radius 1 is 0.833 bits per heavy atom. The molecule has 0 aliphatic carbocycles. The van der Waals surface area contributed by atoms with Crippen molar-refractivity contribution in [3.63, 3.8) is 0 Å². The van der Waals surface area contributed by atoms with Crippen molar-refractivity contribution in [3.8, 4) is 0 Å². The number of ether oxygens (including phenoxy) is 4. The molecule has 2 atom stereocenters. The molecular weight excluding hydrogens is 351 g/mol. The molecule has 24 heavy (non-hydrogen) atoms. The van der Waals surface area contributed by atoms with E-state index >= 15 is 0 Å². The molecule has 4 nitrogen and oxygen atoms in total. The normalized spacial score (nSPS) is 25.8. The minimum atomic E-state index is -0.00897. The van der Waals surface area contributed by atoms with Gasteiger partial charge in [-0.2, -0.15) is 0 Å². The molecule has 0 aromatic rings. The van der Waals surface area contributed by atoms with E-state index in [0.717, 1.165) is 50.0 Å². The maximum atomic E-state index is 5.49. The van der Waals surface area contributed by atoms with E-state index in [0.29, 0.717) is 13.2 Å². The Hall–Kier alpha value is -0.100. The van der Waals surface area contributed by atoms with E-state index in [1.54, 1.807) is 11.1 Å². The highest BCUT2D eigenvalue weighted by atomic mass is 35.5. The van der Waals surface area contributed by atoms with Gasteiger partial charge in [-0.25, -0.2) is 0 Å². The molecule has 2 unspecified atom stereocenters. The highest BCUT2D eigenvalue weighted by Crippen LogP contribution is 2.15. The molecule has 140 valence electrons. The first-order chi connectivity index (χ1) is 11.7. The predicted octanol–water partition coefficient (Wildman–Crippen LogP) is 5.34. The fraction of sp³-hybridized carbons (Fsp3) is 0.778. The second-order valence-corrected chi connectivity index (χ2v) is 6.56. The summed E-state index contributed by atoms with van der Waals surface area (Å²) in [4.78, 5) is 0. The van der Waals surface area contributed by atoms with Gasteiger partial charge in [0, 0.05) is 24.3 Å². The second-order valence-electron chi connectivity index (χ2n) is 6.13. The quantitative estimate of drug-likeness (QED) is 0.622. The third kappa shape index (κ3) is 10.7. The molecule has 2 aliphatic rings. The van der Waals surface area contributed by atoms with Gasteiger partial charge in [0.2, 0.25) is 0 Å². The average molecular weight is 381 g/mol. The molecule has 2 rings (SSSR count). The van der Waals surface area contributed by atoms with Crippen LogP contribution in [0.15, 0.2) is 22.2 Å². The Balaban J connectivity index is 0.000000240. The van der Waals surface area contributed by atoms with E-state index in [9.17, 15) is 0 Å². The van der Waals surface area contributed by atoms with Crippen LogP contribution in [0.1, 0.15) is 52.4 Å². The van der Waals surface area contributed by atoms with Crippen LogP contribution in [-0.2, 0) is 18.9 Å². The van der Waals surface area contributed by atoms with Crippen molar-refractivity contribution >= 4 is 23.2 Å². The van der Waals surface area contributed by atoms with E-state index in [1.165, 1.54) is 12.8 Å². The average Bonchev–Trinajstić information content (AvgIpc) is 2.66. The Bertz CT molecular complexity index is 337. The lowest BCUT2D eigenvalue weighted by Crippen LogP contribution is -2.22. The zero-order valence-corrected chi connectivity index (χ0v) is 16.3. The molecule has 0 N–H and O–H groups in total. The Labute approximate surface area is 156 Å². The van der Waals surface area contributed by atoms with Gasteiger partial charge >= 0.3 is 0 Å². The predicted molar refractivity (Wildman–Crippen MR) is 98.3 cm³/mol. The molecule has 0 saturated carbocycles. The van der Waals surface area contributed by atoms with E-state index in [4.69, 9.17) is 42.1 Å². The van der Waals surface area contributed by atoms with E-state index in [2.05, 4.69) is 0 Å². The highest BCUT2D eigenvalue weighted by molar-refractivity contribution is 6.25. The highest BCUT2D eigenvalue weighted by Gasteiger charge is 2.14. The second kappa shape index (κ2) is 14.1. The minimum absolute atomic E-state index is 0.00897. The summed E-state index contributed by atoms with van der Waals surface area (Å²) in [7, 11) is 0. The topological polar surface area (TPSA) is 36.9 Å². The summed E-state index contributed by atoms with van der Waals surface area (Å²) in [6, 6.07) is 0. The molecule has 0 bridgehead atoms. The molecule has 6 heteroatoms. The summed E-state index contributed by atoms with van der Waals surface area (Å²) in [6.45, 7) is 6.69. The molecule has 0 aromatic heterocycles. The van der Waals surface area contributed by atoms with Crippen LogP contribution >= 0.6 is 23.2 Å². The van der Waals surface area contributed by atoms with Crippen molar-refractivity contribution in [1.29, 1.82) is 0 Å². The van der Waals surface area contributed by atoms with Crippen LogP contribution in [0.2, 0.25) is 0 Å². The van der Waals surface area contributed by atoms with E-state index in [1.807, 2.05) is 13.8 Å². The van der Waals surface area contributed by atoms with Crippen LogP contribution in [0.5, 0.6) is 0 Å². The monoisotopic (exact) mass is 380 g/mol. The van der Waals surface area contributed by atoms with Crippen LogP contribution in [0.3, 0.4) is 0 Å².